The average Bonchev–Trinajstić information content (AvgIpc) is 3.33. The van der Waals surface area contributed by atoms with E-state index >= 15 is 0 Å². The highest BCUT2D eigenvalue weighted by Gasteiger charge is 2.58. The van der Waals surface area contributed by atoms with Crippen LogP contribution in [0.1, 0.15) is 71.6 Å². The van der Waals surface area contributed by atoms with E-state index in [1.807, 2.05) is 0 Å². The summed E-state index contributed by atoms with van der Waals surface area (Å²) in [6.07, 6.45) is 13.7. The van der Waals surface area contributed by atoms with E-state index in [0.717, 1.165) is 46.9 Å². The SMILES string of the molecule is CC1CCC2C(CCC3C2CCC2(C)C(C(=O)Cn4ncc5ccc(F)cc54)CCC32)C1. The summed E-state index contributed by atoms with van der Waals surface area (Å²) in [5, 5.41) is 5.32. The number of halogens is 1. The standard InChI is InChI=1S/C28H37FN2O/c1-17-3-7-21-18(13-17)5-8-23-22(21)11-12-28(2)24(23)9-10-25(28)27(32)16-31-26-14-20(29)6-4-19(26)15-30-31/h4,6,14-15,17-18,21-25H,3,5,7-13,16H2,1-2H3. The predicted molar refractivity (Wildman–Crippen MR) is 124 cm³/mol. The lowest BCUT2D eigenvalue weighted by atomic mass is 9.49. The van der Waals surface area contributed by atoms with E-state index in [-0.39, 0.29) is 23.7 Å². The van der Waals surface area contributed by atoms with Gasteiger partial charge in [-0.2, -0.15) is 5.10 Å². The molecule has 3 nitrogen and oxygen atoms in total. The maximum Gasteiger partial charge on any atom is 0.157 e. The molecule has 0 spiro atoms. The molecule has 8 unspecified atom stereocenters. The van der Waals surface area contributed by atoms with E-state index in [1.165, 1.54) is 63.5 Å². The van der Waals surface area contributed by atoms with Crippen molar-refractivity contribution in [3.63, 3.8) is 0 Å². The van der Waals surface area contributed by atoms with Gasteiger partial charge in [-0.3, -0.25) is 9.48 Å². The van der Waals surface area contributed by atoms with E-state index in [2.05, 4.69) is 18.9 Å². The summed E-state index contributed by atoms with van der Waals surface area (Å²) >= 11 is 0. The monoisotopic (exact) mass is 436 g/mol. The van der Waals surface area contributed by atoms with Crippen LogP contribution in [0.4, 0.5) is 4.39 Å². The summed E-state index contributed by atoms with van der Waals surface area (Å²) in [4.78, 5) is 13.6. The summed E-state index contributed by atoms with van der Waals surface area (Å²) in [5.74, 6) is 5.46. The van der Waals surface area contributed by atoms with Gasteiger partial charge in [0.15, 0.2) is 5.78 Å². The topological polar surface area (TPSA) is 34.9 Å². The van der Waals surface area contributed by atoms with Crippen LogP contribution in [0, 0.1) is 52.7 Å². The summed E-state index contributed by atoms with van der Waals surface area (Å²) in [5.41, 5.74) is 0.868. The van der Waals surface area contributed by atoms with E-state index in [4.69, 9.17) is 0 Å². The third kappa shape index (κ3) is 3.19. The Morgan fingerprint density at radius 2 is 1.94 bits per heavy atom. The van der Waals surface area contributed by atoms with Crippen LogP contribution < -0.4 is 0 Å². The zero-order valence-corrected chi connectivity index (χ0v) is 19.6. The predicted octanol–water partition coefficient (Wildman–Crippen LogP) is 6.65. The maximum absolute atomic E-state index is 13.8. The molecule has 0 bridgehead atoms. The molecule has 8 atom stereocenters. The Balaban J connectivity index is 1.21. The molecule has 32 heavy (non-hydrogen) atoms. The number of carbonyl (C=O) groups excluding carboxylic acids is 1. The number of nitrogens with zero attached hydrogens (tertiary/aromatic N) is 2. The molecule has 172 valence electrons. The first-order valence-electron chi connectivity index (χ1n) is 13.1. The molecule has 4 saturated carbocycles. The second-order valence-electron chi connectivity index (χ2n) is 12.0. The van der Waals surface area contributed by atoms with Crippen molar-refractivity contribution in [2.75, 3.05) is 0 Å². The molecule has 0 N–H and O–H groups in total. The Morgan fingerprint density at radius 1 is 1.09 bits per heavy atom. The van der Waals surface area contributed by atoms with Crippen molar-refractivity contribution in [2.24, 2.45) is 46.8 Å². The molecule has 4 aliphatic rings. The van der Waals surface area contributed by atoms with E-state index in [9.17, 15) is 9.18 Å². The van der Waals surface area contributed by atoms with Crippen LogP contribution >= 0.6 is 0 Å². The molecular weight excluding hydrogens is 399 g/mol. The van der Waals surface area contributed by atoms with E-state index < -0.39 is 0 Å². The second kappa shape index (κ2) is 7.67. The highest BCUT2D eigenvalue weighted by atomic mass is 19.1. The maximum atomic E-state index is 13.8. The molecule has 4 heteroatoms. The highest BCUT2D eigenvalue weighted by molar-refractivity contribution is 5.85. The highest BCUT2D eigenvalue weighted by Crippen LogP contribution is 2.64. The zero-order chi connectivity index (χ0) is 22.0. The number of aromatic nitrogens is 2. The summed E-state index contributed by atoms with van der Waals surface area (Å²) in [7, 11) is 0. The van der Waals surface area contributed by atoms with Gasteiger partial charge in [-0.05, 0) is 110 Å². The van der Waals surface area contributed by atoms with Gasteiger partial charge in [-0.1, -0.05) is 20.3 Å². The minimum absolute atomic E-state index is 0.130. The number of ketones is 1. The number of benzene rings is 1. The van der Waals surface area contributed by atoms with Crippen LogP contribution in [0.25, 0.3) is 10.9 Å². The van der Waals surface area contributed by atoms with Crippen molar-refractivity contribution < 1.29 is 9.18 Å². The smallest absolute Gasteiger partial charge is 0.157 e. The number of carbonyl (C=O) groups is 1. The lowest BCUT2D eigenvalue weighted by molar-refractivity contribution is -0.131. The molecule has 4 fully saturated rings. The van der Waals surface area contributed by atoms with Gasteiger partial charge < -0.3 is 0 Å². The Morgan fingerprint density at radius 3 is 2.81 bits per heavy atom. The molecule has 0 radical (unpaired) electrons. The Kier molecular flexibility index (Phi) is 5.00. The number of fused-ring (bicyclic) bond motifs is 6. The molecule has 0 saturated heterocycles. The summed E-state index contributed by atoms with van der Waals surface area (Å²) < 4.78 is 15.5. The number of hydrogen-bond acceptors (Lipinski definition) is 2. The van der Waals surface area contributed by atoms with Crippen LogP contribution in [-0.2, 0) is 11.3 Å². The number of hydrogen-bond donors (Lipinski definition) is 0. The number of Topliss-reactive ketones (excluding diaryl/α,β-unsaturated/α-hetero) is 1. The number of rotatable bonds is 3. The fraction of sp³-hybridized carbons (Fsp3) is 0.714. The van der Waals surface area contributed by atoms with Gasteiger partial charge in [-0.25, -0.2) is 4.39 Å². The van der Waals surface area contributed by atoms with E-state index in [1.54, 1.807) is 16.9 Å². The Bertz CT molecular complexity index is 1030. The minimum Gasteiger partial charge on any atom is -0.297 e. The van der Waals surface area contributed by atoms with Crippen molar-refractivity contribution in [1.29, 1.82) is 0 Å². The van der Waals surface area contributed by atoms with Crippen molar-refractivity contribution in [3.05, 3.63) is 30.2 Å². The third-order valence-electron chi connectivity index (χ3n) is 10.5. The van der Waals surface area contributed by atoms with E-state index in [0.29, 0.717) is 11.7 Å². The first-order valence-corrected chi connectivity index (χ1v) is 13.1. The van der Waals surface area contributed by atoms with Crippen LogP contribution in [0.15, 0.2) is 24.4 Å². The quantitative estimate of drug-likeness (QED) is 0.540. The lowest BCUT2D eigenvalue weighted by Gasteiger charge is -2.56. The molecule has 0 amide bonds. The van der Waals surface area contributed by atoms with Crippen LogP contribution in [-0.4, -0.2) is 15.6 Å². The molecule has 0 aliphatic heterocycles. The molecule has 1 aromatic heterocycles. The van der Waals surface area contributed by atoms with Crippen molar-refractivity contribution in [1.82, 2.24) is 9.78 Å². The van der Waals surface area contributed by atoms with Crippen molar-refractivity contribution >= 4 is 16.7 Å². The van der Waals surface area contributed by atoms with Crippen molar-refractivity contribution in [3.8, 4) is 0 Å². The first-order chi connectivity index (χ1) is 15.4. The second-order valence-corrected chi connectivity index (χ2v) is 12.0. The molecule has 1 aromatic carbocycles. The molecular formula is C28H37FN2O. The summed E-state index contributed by atoms with van der Waals surface area (Å²) in [6, 6.07) is 4.71. The molecule has 4 aliphatic carbocycles. The Hall–Kier alpha value is -1.71. The zero-order valence-electron chi connectivity index (χ0n) is 19.6. The third-order valence-corrected chi connectivity index (χ3v) is 10.5. The summed E-state index contributed by atoms with van der Waals surface area (Å²) in [6.45, 7) is 5.15. The van der Waals surface area contributed by atoms with Crippen LogP contribution in [0.3, 0.4) is 0 Å². The lowest BCUT2D eigenvalue weighted by Crippen LogP contribution is -2.49. The van der Waals surface area contributed by atoms with Crippen LogP contribution in [0.2, 0.25) is 0 Å². The largest absolute Gasteiger partial charge is 0.297 e. The van der Waals surface area contributed by atoms with Gasteiger partial charge >= 0.3 is 0 Å². The molecule has 2 aromatic rings. The van der Waals surface area contributed by atoms with Gasteiger partial charge in [0, 0.05) is 11.3 Å². The fourth-order valence-electron chi connectivity index (χ4n) is 9.04. The molecule has 6 rings (SSSR count). The van der Waals surface area contributed by atoms with Gasteiger partial charge in [0.25, 0.3) is 0 Å². The fourth-order valence-corrected chi connectivity index (χ4v) is 9.04. The van der Waals surface area contributed by atoms with Crippen LogP contribution in [0.5, 0.6) is 0 Å². The van der Waals surface area contributed by atoms with Gasteiger partial charge in [-0.15, -0.1) is 0 Å². The van der Waals surface area contributed by atoms with Gasteiger partial charge in [0.1, 0.15) is 12.4 Å². The normalized spacial score (nSPS) is 41.2. The van der Waals surface area contributed by atoms with Crippen molar-refractivity contribution in [2.45, 2.75) is 78.2 Å². The van der Waals surface area contributed by atoms with Gasteiger partial charge in [0.2, 0.25) is 0 Å². The van der Waals surface area contributed by atoms with Gasteiger partial charge in [0.05, 0.1) is 11.7 Å². The minimum atomic E-state index is -0.273. The first kappa shape index (κ1) is 20.9. The molecule has 1 heterocycles. The average molecular weight is 437 g/mol. The Labute approximate surface area is 191 Å².